The topological polar surface area (TPSA) is 40.5 Å². The lowest BCUT2D eigenvalue weighted by Gasteiger charge is -1.90. The van der Waals surface area contributed by atoms with Gasteiger partial charge < -0.3 is 10.2 Å². The molecule has 0 aromatic heterocycles. The van der Waals surface area contributed by atoms with Crippen molar-refractivity contribution in [2.45, 2.75) is 13.0 Å². The van der Waals surface area contributed by atoms with E-state index in [1.54, 1.807) is 0 Å². The van der Waals surface area contributed by atoms with Gasteiger partial charge in [-0.05, 0) is 6.92 Å². The Bertz CT molecular complexity index is 33.2. The van der Waals surface area contributed by atoms with Gasteiger partial charge in [0.2, 0.25) is 0 Å². The molecule has 0 saturated heterocycles. The fourth-order valence-electron chi connectivity index (χ4n) is 0. The Labute approximate surface area is 59.0 Å². The molecule has 2 N–H and O–H groups in total. The second-order valence-corrected chi connectivity index (χ2v) is 1.94. The van der Waals surface area contributed by atoms with Crippen molar-refractivity contribution < 1.29 is 10.2 Å². The maximum Gasteiger partial charge on any atom is 0.0967 e. The van der Waals surface area contributed by atoms with Crippen molar-refractivity contribution in [1.82, 2.24) is 0 Å². The number of alkyl halides is 2. The molecule has 0 aliphatic carbocycles. The fourth-order valence-corrected chi connectivity index (χ4v) is 0. The average molecular weight is 161 g/mol. The zero-order valence-corrected chi connectivity index (χ0v) is 6.15. The summed E-state index contributed by atoms with van der Waals surface area (Å²) in [4.78, 5) is 0. The monoisotopic (exact) mass is 160 g/mol. The predicted octanol–water partition coefficient (Wildman–Crippen LogP) is 0.781. The third kappa shape index (κ3) is 31.5. The lowest BCUT2D eigenvalue weighted by atomic mass is 10.5. The minimum atomic E-state index is -0.560. The first kappa shape index (κ1) is 11.3. The molecule has 0 fully saturated rings. The van der Waals surface area contributed by atoms with Crippen LogP contribution in [0.2, 0.25) is 0 Å². The van der Waals surface area contributed by atoms with Gasteiger partial charge in [-0.2, -0.15) is 0 Å². The number of rotatable bonds is 1. The Morgan fingerprint density at radius 3 is 1.62 bits per heavy atom. The molecule has 1 atom stereocenters. The lowest BCUT2D eigenvalue weighted by molar-refractivity contribution is 0.110. The van der Waals surface area contributed by atoms with Crippen molar-refractivity contribution in [2.24, 2.45) is 0 Å². The van der Waals surface area contributed by atoms with Gasteiger partial charge in [0.25, 0.3) is 0 Å². The van der Waals surface area contributed by atoms with Crippen molar-refractivity contribution in [2.75, 3.05) is 11.9 Å². The third-order valence-electron chi connectivity index (χ3n) is 0.264. The number of halogens is 2. The number of hydrogen-bond donors (Lipinski definition) is 2. The standard InChI is InChI=1S/C3H8O2.CH2Cl2/c1-3(5)2-4;2-1-3/h3-5H,2H2,1H3;1H2. The van der Waals surface area contributed by atoms with Crippen LogP contribution in [0, 0.1) is 0 Å². The van der Waals surface area contributed by atoms with Crippen LogP contribution in [-0.2, 0) is 0 Å². The van der Waals surface area contributed by atoms with E-state index < -0.39 is 6.10 Å². The van der Waals surface area contributed by atoms with E-state index in [-0.39, 0.29) is 11.9 Å². The second-order valence-electron chi connectivity index (χ2n) is 1.13. The van der Waals surface area contributed by atoms with Crippen molar-refractivity contribution in [3.8, 4) is 0 Å². The zero-order valence-electron chi connectivity index (χ0n) is 4.64. The van der Waals surface area contributed by atoms with Crippen LogP contribution in [0.5, 0.6) is 0 Å². The van der Waals surface area contributed by atoms with Gasteiger partial charge in [-0.1, -0.05) is 0 Å². The highest BCUT2D eigenvalue weighted by Crippen LogP contribution is 1.73. The summed E-state index contributed by atoms with van der Waals surface area (Å²) in [6, 6.07) is 0. The summed E-state index contributed by atoms with van der Waals surface area (Å²) in [5, 5.41) is 16.2. The Morgan fingerprint density at radius 1 is 1.50 bits per heavy atom. The fraction of sp³-hybridized carbons (Fsp3) is 1.00. The van der Waals surface area contributed by atoms with Crippen LogP contribution in [-0.4, -0.2) is 28.3 Å². The van der Waals surface area contributed by atoms with Crippen LogP contribution < -0.4 is 0 Å². The molecule has 0 radical (unpaired) electrons. The van der Waals surface area contributed by atoms with Gasteiger partial charge in [-0.25, -0.2) is 0 Å². The zero-order chi connectivity index (χ0) is 6.99. The van der Waals surface area contributed by atoms with E-state index in [2.05, 4.69) is 0 Å². The first-order valence-electron chi connectivity index (χ1n) is 2.09. The quantitative estimate of drug-likeness (QED) is 0.558. The average Bonchev–Trinajstić information content (AvgIpc) is 1.69. The van der Waals surface area contributed by atoms with Gasteiger partial charge in [0.15, 0.2) is 0 Å². The van der Waals surface area contributed by atoms with E-state index in [0.717, 1.165) is 0 Å². The molecule has 4 heteroatoms. The van der Waals surface area contributed by atoms with Gasteiger partial charge in [-0.3, -0.25) is 0 Å². The molecule has 1 unspecified atom stereocenters. The maximum absolute atomic E-state index is 8.11. The Hall–Kier alpha value is 0.500. The summed E-state index contributed by atoms with van der Waals surface area (Å²) >= 11 is 9.53. The highest BCUT2D eigenvalue weighted by Gasteiger charge is 1.83. The van der Waals surface area contributed by atoms with E-state index >= 15 is 0 Å². The van der Waals surface area contributed by atoms with Gasteiger partial charge >= 0.3 is 0 Å². The summed E-state index contributed by atoms with van der Waals surface area (Å²) in [5.74, 6) is 0. The van der Waals surface area contributed by atoms with Gasteiger partial charge in [0.1, 0.15) is 0 Å². The van der Waals surface area contributed by atoms with Crippen LogP contribution in [0.25, 0.3) is 0 Å². The molecule has 0 spiro atoms. The largest absolute Gasteiger partial charge is 0.394 e. The molecule has 0 aliphatic heterocycles. The Kier molecular flexibility index (Phi) is 14.8. The number of aliphatic hydroxyl groups is 2. The Morgan fingerprint density at radius 2 is 1.62 bits per heavy atom. The molecule has 8 heavy (non-hydrogen) atoms. The molecule has 0 heterocycles. The minimum Gasteiger partial charge on any atom is -0.394 e. The van der Waals surface area contributed by atoms with E-state index in [9.17, 15) is 0 Å². The lowest BCUT2D eigenvalue weighted by Crippen LogP contribution is -2.03. The van der Waals surface area contributed by atoms with Crippen molar-refractivity contribution in [3.63, 3.8) is 0 Å². The molecule has 0 bridgehead atoms. The molecule has 0 amide bonds. The molecule has 0 aromatic carbocycles. The van der Waals surface area contributed by atoms with Crippen LogP contribution in [0.4, 0.5) is 0 Å². The molecular weight excluding hydrogens is 151 g/mol. The smallest absolute Gasteiger partial charge is 0.0967 e. The van der Waals surface area contributed by atoms with Crippen LogP contribution >= 0.6 is 23.2 Å². The summed E-state index contributed by atoms with van der Waals surface area (Å²) in [7, 11) is 0. The van der Waals surface area contributed by atoms with Gasteiger partial charge in [-0.15, -0.1) is 23.2 Å². The molecule has 0 saturated carbocycles. The van der Waals surface area contributed by atoms with Crippen molar-refractivity contribution in [1.29, 1.82) is 0 Å². The maximum atomic E-state index is 8.11. The van der Waals surface area contributed by atoms with Crippen LogP contribution in [0.3, 0.4) is 0 Å². The third-order valence-corrected chi connectivity index (χ3v) is 0.264. The molecule has 0 aromatic rings. The normalized spacial score (nSPS) is 11.6. The van der Waals surface area contributed by atoms with Crippen LogP contribution in [0.15, 0.2) is 0 Å². The van der Waals surface area contributed by atoms with E-state index in [0.29, 0.717) is 0 Å². The van der Waals surface area contributed by atoms with E-state index in [1.807, 2.05) is 0 Å². The summed E-state index contributed by atoms with van der Waals surface area (Å²) in [6.07, 6.45) is -0.560. The van der Waals surface area contributed by atoms with E-state index in [1.165, 1.54) is 6.92 Å². The summed E-state index contributed by atoms with van der Waals surface area (Å²) < 4.78 is 0. The first-order chi connectivity index (χ1) is 3.68. The predicted molar refractivity (Wildman–Crippen MR) is 35.3 cm³/mol. The highest BCUT2D eigenvalue weighted by molar-refractivity contribution is 6.40. The first-order valence-corrected chi connectivity index (χ1v) is 3.16. The second kappa shape index (κ2) is 10.5. The molecule has 52 valence electrons. The molecular formula is C4H10Cl2O2. The SMILES string of the molecule is CC(O)CO.ClCCl. The highest BCUT2D eigenvalue weighted by atomic mass is 35.5. The Balaban J connectivity index is 0. The molecule has 0 aliphatic rings. The minimum absolute atomic E-state index is 0.139. The van der Waals surface area contributed by atoms with E-state index in [4.69, 9.17) is 33.4 Å². The number of hydrogen-bond acceptors (Lipinski definition) is 2. The summed E-state index contributed by atoms with van der Waals surface area (Å²) in [6.45, 7) is 1.39. The van der Waals surface area contributed by atoms with Gasteiger partial charge in [0.05, 0.1) is 18.1 Å². The summed E-state index contributed by atoms with van der Waals surface area (Å²) in [5.41, 5.74) is 0. The molecule has 2 nitrogen and oxygen atoms in total. The van der Waals surface area contributed by atoms with Gasteiger partial charge in [0, 0.05) is 0 Å². The molecule has 0 rings (SSSR count). The number of aliphatic hydroxyl groups excluding tert-OH is 2. The van der Waals surface area contributed by atoms with Crippen molar-refractivity contribution >= 4 is 23.2 Å². The van der Waals surface area contributed by atoms with Crippen molar-refractivity contribution in [3.05, 3.63) is 0 Å². The van der Waals surface area contributed by atoms with Crippen LogP contribution in [0.1, 0.15) is 6.92 Å².